The Balaban J connectivity index is 1.53. The summed E-state index contributed by atoms with van der Waals surface area (Å²) in [5, 5.41) is 2.84. The Labute approximate surface area is 280 Å². The van der Waals surface area contributed by atoms with Gasteiger partial charge >= 0.3 is 0 Å². The van der Waals surface area contributed by atoms with Gasteiger partial charge in [0.2, 0.25) is 17.7 Å². The highest BCUT2D eigenvalue weighted by Crippen LogP contribution is 2.41. The van der Waals surface area contributed by atoms with Crippen molar-refractivity contribution < 1.29 is 23.2 Å². The Hall–Kier alpha value is -3.96. The van der Waals surface area contributed by atoms with E-state index < -0.39 is 23.1 Å². The lowest BCUT2D eigenvalue weighted by atomic mass is 9.83. The maximum Gasteiger partial charge on any atom is 0.246 e. The van der Waals surface area contributed by atoms with E-state index in [4.69, 9.17) is 5.73 Å². The first-order valence-corrected chi connectivity index (χ1v) is 17.1. The number of nitrogens with two attached hydrogens (primary N) is 1. The Morgan fingerprint density at radius 1 is 1.11 bits per heavy atom. The molecule has 2 aromatic carbocycles. The minimum Gasteiger partial charge on any atom is -0.354 e. The molecule has 0 unspecified atom stereocenters. The number of benzene rings is 2. The van der Waals surface area contributed by atoms with E-state index >= 15 is 0 Å². The minimum absolute atomic E-state index is 0.0502. The fourth-order valence-electron chi connectivity index (χ4n) is 5.77. The van der Waals surface area contributed by atoms with Crippen molar-refractivity contribution in [2.45, 2.75) is 46.2 Å². The van der Waals surface area contributed by atoms with Gasteiger partial charge in [0.15, 0.2) is 0 Å². The van der Waals surface area contributed by atoms with Gasteiger partial charge in [-0.25, -0.2) is 8.78 Å². The van der Waals surface area contributed by atoms with Crippen LogP contribution in [0.3, 0.4) is 0 Å². The summed E-state index contributed by atoms with van der Waals surface area (Å²) < 4.78 is 31.3. The molecule has 252 valence electrons. The lowest BCUT2D eigenvalue weighted by Crippen LogP contribution is -2.44. The Bertz CT molecular complexity index is 1550. The molecule has 0 fully saturated rings. The Morgan fingerprint density at radius 3 is 2.55 bits per heavy atom. The van der Waals surface area contributed by atoms with Gasteiger partial charge in [0, 0.05) is 74.0 Å². The average Bonchev–Trinajstić information content (AvgIpc) is 3.63. The molecule has 0 saturated heterocycles. The molecule has 11 heteroatoms. The van der Waals surface area contributed by atoms with Crippen LogP contribution in [0.2, 0.25) is 0 Å². The van der Waals surface area contributed by atoms with Gasteiger partial charge in [-0.3, -0.25) is 14.4 Å². The van der Waals surface area contributed by atoms with E-state index in [-0.39, 0.29) is 35.5 Å². The molecule has 0 aliphatic carbocycles. The van der Waals surface area contributed by atoms with Crippen molar-refractivity contribution >= 4 is 29.5 Å². The van der Waals surface area contributed by atoms with Crippen LogP contribution in [0.1, 0.15) is 50.9 Å². The zero-order valence-corrected chi connectivity index (χ0v) is 28.2. The topological polar surface area (TPSA) is 101 Å². The van der Waals surface area contributed by atoms with Gasteiger partial charge in [0.1, 0.15) is 11.6 Å². The number of carbonyl (C=O) groups excluding carboxylic acids is 3. The van der Waals surface area contributed by atoms with Crippen molar-refractivity contribution in [1.82, 2.24) is 19.7 Å². The number of nitrogens with one attached hydrogen (secondary N) is 1. The van der Waals surface area contributed by atoms with Gasteiger partial charge in [-0.15, -0.1) is 0 Å². The highest BCUT2D eigenvalue weighted by atomic mass is 32.2. The van der Waals surface area contributed by atoms with Crippen molar-refractivity contribution in [3.63, 3.8) is 0 Å². The molecule has 47 heavy (non-hydrogen) atoms. The number of aromatic nitrogens is 1. The molecule has 0 radical (unpaired) electrons. The van der Waals surface area contributed by atoms with Gasteiger partial charge in [-0.2, -0.15) is 11.8 Å². The molecule has 2 heterocycles. The predicted molar refractivity (Wildman–Crippen MR) is 184 cm³/mol. The van der Waals surface area contributed by atoms with Crippen LogP contribution in [0.5, 0.6) is 0 Å². The number of hydrogen-bond donors (Lipinski definition) is 2. The second kappa shape index (κ2) is 16.7. The standard InChI is InChI=1S/C36H45F2N5O3S/c1-36(2,3)35(31-21-27(29-22-28(37)12-13-30(29)38)24-42(31)23-26-9-5-4-6-10-26)43(18-8-15-39)34(46)25-47-20-14-32(44)40-16-19-41-17-7-11-33(41)45/h4-7,9-13,21-22,24,35H,8,14-20,23,25,39H2,1-3H3,(H,40,44)/t35-/m0/s1. The van der Waals surface area contributed by atoms with Crippen molar-refractivity contribution in [2.24, 2.45) is 11.1 Å². The summed E-state index contributed by atoms with van der Waals surface area (Å²) in [6.07, 6.45) is 5.99. The van der Waals surface area contributed by atoms with Gasteiger partial charge < -0.3 is 25.4 Å². The van der Waals surface area contributed by atoms with E-state index in [9.17, 15) is 23.2 Å². The van der Waals surface area contributed by atoms with Crippen molar-refractivity contribution in [2.75, 3.05) is 44.2 Å². The molecule has 8 nitrogen and oxygen atoms in total. The third-order valence-electron chi connectivity index (χ3n) is 8.00. The number of nitrogens with zero attached hydrogens (tertiary/aromatic N) is 3. The number of rotatable bonds is 16. The molecule has 3 N–H and O–H groups in total. The van der Waals surface area contributed by atoms with Crippen molar-refractivity contribution in [3.8, 4) is 11.1 Å². The van der Waals surface area contributed by atoms with E-state index in [1.807, 2.05) is 52.1 Å². The summed E-state index contributed by atoms with van der Waals surface area (Å²) in [6.45, 7) is 8.87. The maximum atomic E-state index is 15.0. The average molecular weight is 666 g/mol. The van der Waals surface area contributed by atoms with Crippen LogP contribution < -0.4 is 11.1 Å². The second-order valence-electron chi connectivity index (χ2n) is 12.7. The second-order valence-corrected chi connectivity index (χ2v) is 13.8. The molecule has 1 aliphatic heterocycles. The van der Waals surface area contributed by atoms with Crippen molar-refractivity contribution in [1.29, 1.82) is 0 Å². The molecule has 3 amide bonds. The SMILES string of the molecule is CC(C)(C)[C@H](c1cc(-c2cc(F)ccc2F)cn1Cc1ccccc1)N(CCCN)C(=O)CSCCC(=O)NCCN1CC=CC1=O. The quantitative estimate of drug-likeness (QED) is 0.200. The maximum absolute atomic E-state index is 15.0. The molecule has 0 spiro atoms. The third kappa shape index (κ3) is 10.0. The number of thioether (sulfide) groups is 1. The normalized spacial score (nSPS) is 13.7. The van der Waals surface area contributed by atoms with E-state index in [2.05, 4.69) is 26.1 Å². The number of hydrogen-bond acceptors (Lipinski definition) is 5. The number of carbonyl (C=O) groups is 3. The fraction of sp³-hybridized carbons (Fsp3) is 0.417. The summed E-state index contributed by atoms with van der Waals surface area (Å²) in [7, 11) is 0. The summed E-state index contributed by atoms with van der Waals surface area (Å²) in [4.78, 5) is 41.5. The van der Waals surface area contributed by atoms with Gasteiger partial charge in [-0.1, -0.05) is 57.2 Å². The number of amides is 3. The van der Waals surface area contributed by atoms with Crippen LogP contribution in [0, 0.1) is 17.0 Å². The van der Waals surface area contributed by atoms with Crippen LogP contribution in [-0.2, 0) is 20.9 Å². The molecule has 3 aromatic rings. The summed E-state index contributed by atoms with van der Waals surface area (Å²) >= 11 is 1.39. The largest absolute Gasteiger partial charge is 0.354 e. The van der Waals surface area contributed by atoms with Crippen molar-refractivity contribution in [3.05, 3.63) is 95.8 Å². The molecule has 0 bridgehead atoms. The highest BCUT2D eigenvalue weighted by molar-refractivity contribution is 7.99. The number of halogens is 2. The van der Waals surface area contributed by atoms with Gasteiger partial charge in [0.05, 0.1) is 11.8 Å². The molecular weight excluding hydrogens is 620 g/mol. The first-order chi connectivity index (χ1) is 22.5. The molecule has 1 aromatic heterocycles. The molecule has 1 atom stereocenters. The zero-order valence-electron chi connectivity index (χ0n) is 27.4. The van der Waals surface area contributed by atoms with E-state index in [0.29, 0.717) is 57.0 Å². The van der Waals surface area contributed by atoms with Crippen LogP contribution in [0.4, 0.5) is 8.78 Å². The predicted octanol–water partition coefficient (Wildman–Crippen LogP) is 5.38. The van der Waals surface area contributed by atoms with Crippen LogP contribution in [0.15, 0.2) is 72.9 Å². The monoisotopic (exact) mass is 665 g/mol. The van der Waals surface area contributed by atoms with E-state index in [1.54, 1.807) is 11.0 Å². The third-order valence-corrected chi connectivity index (χ3v) is 8.95. The first-order valence-electron chi connectivity index (χ1n) is 16.0. The molecule has 1 aliphatic rings. The Morgan fingerprint density at radius 2 is 1.87 bits per heavy atom. The minimum atomic E-state index is -0.532. The summed E-state index contributed by atoms with van der Waals surface area (Å²) in [5.41, 5.74) is 7.99. The summed E-state index contributed by atoms with van der Waals surface area (Å²) in [6, 6.07) is 14.7. The lowest BCUT2D eigenvalue weighted by molar-refractivity contribution is -0.133. The summed E-state index contributed by atoms with van der Waals surface area (Å²) in [5.74, 6) is -0.701. The smallest absolute Gasteiger partial charge is 0.246 e. The highest BCUT2D eigenvalue weighted by Gasteiger charge is 2.37. The lowest BCUT2D eigenvalue weighted by Gasteiger charge is -2.41. The van der Waals surface area contributed by atoms with Gasteiger partial charge in [-0.05, 0) is 48.2 Å². The first kappa shape index (κ1) is 35.9. The Kier molecular flexibility index (Phi) is 12.8. The zero-order chi connectivity index (χ0) is 34.0. The van der Waals surface area contributed by atoms with Gasteiger partial charge in [0.25, 0.3) is 0 Å². The van der Waals surface area contributed by atoms with E-state index in [1.165, 1.54) is 23.9 Å². The van der Waals surface area contributed by atoms with Crippen LogP contribution >= 0.6 is 11.8 Å². The molecular formula is C36H45F2N5O3S. The molecule has 0 saturated carbocycles. The van der Waals surface area contributed by atoms with Crippen LogP contribution in [-0.4, -0.2) is 76.3 Å². The van der Waals surface area contributed by atoms with E-state index in [0.717, 1.165) is 23.4 Å². The molecule has 4 rings (SSSR count). The van der Waals surface area contributed by atoms with Crippen LogP contribution in [0.25, 0.3) is 11.1 Å². The fourth-order valence-corrected chi connectivity index (χ4v) is 6.59.